The summed E-state index contributed by atoms with van der Waals surface area (Å²) in [6.45, 7) is 3.81. The molecule has 0 spiro atoms. The molecule has 0 saturated heterocycles. The van der Waals surface area contributed by atoms with Crippen LogP contribution >= 0.6 is 0 Å². The van der Waals surface area contributed by atoms with Crippen molar-refractivity contribution in [2.75, 3.05) is 0 Å². The molecule has 23 heavy (non-hydrogen) atoms. The first-order chi connectivity index (χ1) is 11.2. The Morgan fingerprint density at radius 3 is 2.43 bits per heavy atom. The zero-order valence-electron chi connectivity index (χ0n) is 13.0. The molecule has 0 aliphatic heterocycles. The molecule has 0 saturated carbocycles. The van der Waals surface area contributed by atoms with Crippen LogP contribution in [0, 0.1) is 18.3 Å². The summed E-state index contributed by atoms with van der Waals surface area (Å²) in [6.07, 6.45) is -0.246. The highest BCUT2D eigenvalue weighted by Gasteiger charge is 2.18. The van der Waals surface area contributed by atoms with Gasteiger partial charge in [0.05, 0.1) is 11.6 Å². The summed E-state index contributed by atoms with van der Waals surface area (Å²) in [5.41, 5.74) is 2.31. The fraction of sp³-hybridized carbons (Fsp3) is 0.158. The minimum Gasteiger partial charge on any atom is -0.484 e. The van der Waals surface area contributed by atoms with Gasteiger partial charge in [0.2, 0.25) is 5.89 Å². The number of ether oxygens (including phenoxy) is 1. The van der Waals surface area contributed by atoms with E-state index in [1.165, 1.54) is 0 Å². The van der Waals surface area contributed by atoms with Crippen molar-refractivity contribution in [3.8, 4) is 23.3 Å². The second-order valence-corrected chi connectivity index (χ2v) is 5.22. The lowest BCUT2D eigenvalue weighted by molar-refractivity contribution is 0.220. The lowest BCUT2D eigenvalue weighted by Crippen LogP contribution is -2.05. The van der Waals surface area contributed by atoms with Crippen molar-refractivity contribution in [1.82, 2.24) is 4.98 Å². The number of aromatic nitrogens is 1. The maximum Gasteiger partial charge on any atom is 0.226 e. The molecule has 2 aromatic carbocycles. The Labute approximate surface area is 135 Å². The van der Waals surface area contributed by atoms with Crippen LogP contribution in [0.4, 0.5) is 0 Å². The maximum atomic E-state index is 8.82. The quantitative estimate of drug-likeness (QED) is 0.703. The van der Waals surface area contributed by atoms with Gasteiger partial charge in [-0.2, -0.15) is 5.26 Å². The fourth-order valence-corrected chi connectivity index (χ4v) is 2.36. The van der Waals surface area contributed by atoms with Crippen LogP contribution in [-0.2, 0) is 0 Å². The van der Waals surface area contributed by atoms with E-state index >= 15 is 0 Å². The van der Waals surface area contributed by atoms with E-state index in [9.17, 15) is 0 Å². The molecule has 0 N–H and O–H groups in total. The topological polar surface area (TPSA) is 59.1 Å². The van der Waals surface area contributed by atoms with E-state index in [2.05, 4.69) is 11.1 Å². The molecule has 4 heteroatoms. The molecule has 3 aromatic rings. The van der Waals surface area contributed by atoms with Crippen LogP contribution in [-0.4, -0.2) is 4.98 Å². The minimum absolute atomic E-state index is 0.246. The lowest BCUT2D eigenvalue weighted by Gasteiger charge is -2.12. The van der Waals surface area contributed by atoms with E-state index in [0.717, 1.165) is 17.0 Å². The van der Waals surface area contributed by atoms with Gasteiger partial charge in [-0.3, -0.25) is 0 Å². The third-order valence-electron chi connectivity index (χ3n) is 3.53. The SMILES string of the molecule is Cc1oc(-c2ccccc2)nc1C(C)Oc1ccc(C#N)cc1. The van der Waals surface area contributed by atoms with Gasteiger partial charge in [-0.05, 0) is 50.2 Å². The van der Waals surface area contributed by atoms with Crippen molar-refractivity contribution >= 4 is 0 Å². The Morgan fingerprint density at radius 1 is 1.09 bits per heavy atom. The number of hydrogen-bond donors (Lipinski definition) is 0. The summed E-state index contributed by atoms with van der Waals surface area (Å²) >= 11 is 0. The van der Waals surface area contributed by atoms with Gasteiger partial charge in [-0.15, -0.1) is 0 Å². The summed E-state index contributed by atoms with van der Waals surface area (Å²) in [5, 5.41) is 8.82. The predicted octanol–water partition coefficient (Wildman–Crippen LogP) is 4.66. The molecular weight excluding hydrogens is 288 g/mol. The summed E-state index contributed by atoms with van der Waals surface area (Å²) in [5.74, 6) is 2.03. The van der Waals surface area contributed by atoms with Crippen LogP contribution < -0.4 is 4.74 Å². The van der Waals surface area contributed by atoms with Gasteiger partial charge < -0.3 is 9.15 Å². The molecular formula is C19H16N2O2. The Bertz CT molecular complexity index is 830. The second kappa shape index (κ2) is 6.37. The summed E-state index contributed by atoms with van der Waals surface area (Å²) in [6, 6.07) is 18.9. The van der Waals surface area contributed by atoms with E-state index < -0.39 is 0 Å². The number of nitrogens with zero attached hydrogens (tertiary/aromatic N) is 2. The lowest BCUT2D eigenvalue weighted by atomic mass is 10.2. The average Bonchev–Trinajstić information content (AvgIpc) is 2.98. The van der Waals surface area contributed by atoms with Gasteiger partial charge in [0.1, 0.15) is 23.3 Å². The first kappa shape index (κ1) is 14.9. The van der Waals surface area contributed by atoms with Gasteiger partial charge in [0.15, 0.2) is 0 Å². The molecule has 0 radical (unpaired) electrons. The van der Waals surface area contributed by atoms with Crippen molar-refractivity contribution in [3.63, 3.8) is 0 Å². The molecule has 4 nitrogen and oxygen atoms in total. The number of rotatable bonds is 4. The van der Waals surface area contributed by atoms with E-state index in [0.29, 0.717) is 17.2 Å². The normalized spacial score (nSPS) is 11.7. The van der Waals surface area contributed by atoms with E-state index in [1.807, 2.05) is 44.2 Å². The molecule has 1 aromatic heterocycles. The number of nitriles is 1. The number of aryl methyl sites for hydroxylation is 1. The monoisotopic (exact) mass is 304 g/mol. The van der Waals surface area contributed by atoms with E-state index in [1.54, 1.807) is 24.3 Å². The molecule has 3 rings (SSSR count). The van der Waals surface area contributed by atoms with Gasteiger partial charge in [0.25, 0.3) is 0 Å². The Morgan fingerprint density at radius 2 is 1.78 bits per heavy atom. The average molecular weight is 304 g/mol. The van der Waals surface area contributed by atoms with Crippen LogP contribution in [0.1, 0.15) is 30.0 Å². The molecule has 0 fully saturated rings. The number of oxazole rings is 1. The van der Waals surface area contributed by atoms with Crippen LogP contribution in [0.15, 0.2) is 59.0 Å². The van der Waals surface area contributed by atoms with Crippen molar-refractivity contribution < 1.29 is 9.15 Å². The minimum atomic E-state index is -0.246. The molecule has 1 heterocycles. The molecule has 114 valence electrons. The second-order valence-electron chi connectivity index (χ2n) is 5.22. The third kappa shape index (κ3) is 3.24. The molecule has 0 aliphatic rings. The van der Waals surface area contributed by atoms with Crippen molar-refractivity contribution in [3.05, 3.63) is 71.6 Å². The highest BCUT2D eigenvalue weighted by atomic mass is 16.5. The van der Waals surface area contributed by atoms with Gasteiger partial charge in [-0.25, -0.2) is 4.98 Å². The summed E-state index contributed by atoms with van der Waals surface area (Å²) in [7, 11) is 0. The Kier molecular flexibility index (Phi) is 4.11. The van der Waals surface area contributed by atoms with Gasteiger partial charge >= 0.3 is 0 Å². The highest BCUT2D eigenvalue weighted by Crippen LogP contribution is 2.28. The Balaban J connectivity index is 1.81. The molecule has 1 atom stereocenters. The summed E-state index contributed by atoms with van der Waals surface area (Å²) < 4.78 is 11.7. The predicted molar refractivity (Wildman–Crippen MR) is 86.9 cm³/mol. The zero-order valence-corrected chi connectivity index (χ0v) is 13.0. The first-order valence-corrected chi connectivity index (χ1v) is 7.37. The van der Waals surface area contributed by atoms with Gasteiger partial charge in [0, 0.05) is 5.56 Å². The van der Waals surface area contributed by atoms with Crippen LogP contribution in [0.5, 0.6) is 5.75 Å². The largest absolute Gasteiger partial charge is 0.484 e. The van der Waals surface area contributed by atoms with E-state index in [-0.39, 0.29) is 6.10 Å². The highest BCUT2D eigenvalue weighted by molar-refractivity contribution is 5.53. The third-order valence-corrected chi connectivity index (χ3v) is 3.53. The molecule has 1 unspecified atom stereocenters. The van der Waals surface area contributed by atoms with Crippen molar-refractivity contribution in [1.29, 1.82) is 5.26 Å². The number of hydrogen-bond acceptors (Lipinski definition) is 4. The van der Waals surface area contributed by atoms with Gasteiger partial charge in [-0.1, -0.05) is 18.2 Å². The summed E-state index contributed by atoms with van der Waals surface area (Å²) in [4.78, 5) is 4.57. The maximum absolute atomic E-state index is 8.82. The zero-order chi connectivity index (χ0) is 16.2. The van der Waals surface area contributed by atoms with Crippen LogP contribution in [0.25, 0.3) is 11.5 Å². The molecule has 0 amide bonds. The van der Waals surface area contributed by atoms with Crippen LogP contribution in [0.3, 0.4) is 0 Å². The Hall–Kier alpha value is -3.06. The first-order valence-electron chi connectivity index (χ1n) is 7.37. The fourth-order valence-electron chi connectivity index (χ4n) is 2.36. The smallest absolute Gasteiger partial charge is 0.226 e. The number of benzene rings is 2. The van der Waals surface area contributed by atoms with Crippen molar-refractivity contribution in [2.24, 2.45) is 0 Å². The van der Waals surface area contributed by atoms with Crippen LogP contribution in [0.2, 0.25) is 0 Å². The standard InChI is InChI=1S/C19H16N2O2/c1-13(22-17-10-8-15(12-20)9-11-17)18-14(2)23-19(21-18)16-6-4-3-5-7-16/h3-11,13H,1-2H3. The molecule has 0 aliphatic carbocycles. The van der Waals surface area contributed by atoms with E-state index in [4.69, 9.17) is 14.4 Å². The van der Waals surface area contributed by atoms with Crippen molar-refractivity contribution in [2.45, 2.75) is 20.0 Å². The molecule has 0 bridgehead atoms.